The van der Waals surface area contributed by atoms with Gasteiger partial charge in [0, 0.05) is 0 Å². The molecule has 0 amide bonds. The molecule has 0 radical (unpaired) electrons. The van der Waals surface area contributed by atoms with Crippen LogP contribution in [0.2, 0.25) is 0 Å². The highest BCUT2D eigenvalue weighted by atomic mass is 16.3. The molecule has 2 N–H and O–H groups in total. The van der Waals surface area contributed by atoms with Crippen molar-refractivity contribution in [3.05, 3.63) is 11.6 Å². The van der Waals surface area contributed by atoms with Crippen LogP contribution in [0.25, 0.3) is 0 Å². The number of hydrogen-bond acceptors (Lipinski definition) is 2. The minimum atomic E-state index is -0.136. The van der Waals surface area contributed by atoms with E-state index in [1.165, 1.54) is 44.1 Å². The Kier molecular flexibility index (Phi) is 3.18. The van der Waals surface area contributed by atoms with E-state index < -0.39 is 0 Å². The second-order valence-electron chi connectivity index (χ2n) is 9.61. The molecule has 0 aromatic rings. The van der Waals surface area contributed by atoms with E-state index >= 15 is 0 Å². The number of rotatable bonds is 1. The Morgan fingerprint density at radius 2 is 1.82 bits per heavy atom. The molecule has 4 aliphatic rings. The maximum absolute atomic E-state index is 10.6. The zero-order chi connectivity index (χ0) is 15.8. The highest BCUT2D eigenvalue weighted by Crippen LogP contribution is 2.70. The number of allylic oxidation sites excluding steroid dienone is 1. The molecule has 3 fully saturated rings. The Bertz CT molecular complexity index is 508. The van der Waals surface area contributed by atoms with Gasteiger partial charge in [-0.2, -0.15) is 0 Å². The molecule has 0 aromatic carbocycles. The van der Waals surface area contributed by atoms with Crippen molar-refractivity contribution in [3.8, 4) is 0 Å². The zero-order valence-electron chi connectivity index (χ0n) is 14.4. The summed E-state index contributed by atoms with van der Waals surface area (Å²) >= 11 is 0. The van der Waals surface area contributed by atoms with Crippen LogP contribution in [0.1, 0.15) is 65.7 Å². The molecule has 0 heterocycles. The van der Waals surface area contributed by atoms with E-state index in [4.69, 9.17) is 0 Å². The zero-order valence-corrected chi connectivity index (χ0v) is 14.4. The molecular formula is C20H32O2. The molecular weight excluding hydrogens is 272 g/mol. The molecule has 0 unspecified atom stereocenters. The van der Waals surface area contributed by atoms with Crippen molar-refractivity contribution in [3.63, 3.8) is 0 Å². The average molecular weight is 304 g/mol. The fraction of sp³-hybridized carbons (Fsp3) is 0.900. The van der Waals surface area contributed by atoms with Gasteiger partial charge in [0.2, 0.25) is 0 Å². The number of fused-ring (bicyclic) bond motifs is 3. The lowest BCUT2D eigenvalue weighted by molar-refractivity contribution is -0.172. The first kappa shape index (κ1) is 15.2. The van der Waals surface area contributed by atoms with Crippen LogP contribution in [-0.2, 0) is 0 Å². The topological polar surface area (TPSA) is 40.5 Å². The fourth-order valence-corrected chi connectivity index (χ4v) is 7.44. The summed E-state index contributed by atoms with van der Waals surface area (Å²) in [4.78, 5) is 0. The van der Waals surface area contributed by atoms with Gasteiger partial charge in [0.05, 0.1) is 12.7 Å². The van der Waals surface area contributed by atoms with E-state index in [1.54, 1.807) is 0 Å². The smallest absolute Gasteiger partial charge is 0.0644 e. The van der Waals surface area contributed by atoms with Crippen LogP contribution in [-0.4, -0.2) is 22.9 Å². The van der Waals surface area contributed by atoms with Crippen LogP contribution in [0, 0.1) is 34.0 Å². The third-order valence-corrected chi connectivity index (χ3v) is 8.51. The summed E-state index contributed by atoms with van der Waals surface area (Å²) in [5.41, 5.74) is 2.12. The average Bonchev–Trinajstić information content (AvgIpc) is 2.74. The van der Waals surface area contributed by atoms with Crippen molar-refractivity contribution < 1.29 is 10.2 Å². The lowest BCUT2D eigenvalue weighted by Gasteiger charge is -2.64. The number of hydrogen-bond donors (Lipinski definition) is 2. The molecule has 2 bridgehead atoms. The fourth-order valence-electron chi connectivity index (χ4n) is 7.44. The van der Waals surface area contributed by atoms with Gasteiger partial charge in [0.25, 0.3) is 0 Å². The molecule has 22 heavy (non-hydrogen) atoms. The highest BCUT2D eigenvalue weighted by Gasteiger charge is 2.63. The molecule has 2 nitrogen and oxygen atoms in total. The predicted molar refractivity (Wildman–Crippen MR) is 88.3 cm³/mol. The van der Waals surface area contributed by atoms with Gasteiger partial charge in [-0.1, -0.05) is 26.8 Å². The first-order valence-electron chi connectivity index (χ1n) is 9.34. The summed E-state index contributed by atoms with van der Waals surface area (Å²) in [6, 6.07) is 0. The van der Waals surface area contributed by atoms with E-state index in [0.29, 0.717) is 22.7 Å². The van der Waals surface area contributed by atoms with Crippen LogP contribution in [0.5, 0.6) is 0 Å². The lowest BCUT2D eigenvalue weighted by Crippen LogP contribution is -2.59. The second kappa shape index (κ2) is 4.60. The standard InChI is InChI=1S/C20H32O2/c1-18(2)15-6-9-20-10-13(14(11-20)12-21)4-5-16(20)19(15,3)8-7-17(18)22/h11,13,15-17,21-22H,4-10,12H2,1-3H3/t13-,15-,16+,17-,19-,20+/m1/s1. The molecule has 1 spiro atoms. The van der Waals surface area contributed by atoms with Crippen molar-refractivity contribution in [1.29, 1.82) is 0 Å². The van der Waals surface area contributed by atoms with Gasteiger partial charge in [-0.3, -0.25) is 0 Å². The Balaban J connectivity index is 1.74. The number of aliphatic hydroxyl groups is 2. The highest BCUT2D eigenvalue weighted by molar-refractivity contribution is 5.28. The normalized spacial score (nSPS) is 52.7. The van der Waals surface area contributed by atoms with Crippen LogP contribution in [0.4, 0.5) is 0 Å². The Morgan fingerprint density at radius 1 is 1.05 bits per heavy atom. The van der Waals surface area contributed by atoms with Crippen LogP contribution < -0.4 is 0 Å². The maximum atomic E-state index is 10.6. The van der Waals surface area contributed by atoms with E-state index in [-0.39, 0.29) is 18.1 Å². The third kappa shape index (κ3) is 1.74. The molecule has 124 valence electrons. The molecule has 0 aromatic heterocycles. The van der Waals surface area contributed by atoms with Gasteiger partial charge >= 0.3 is 0 Å². The van der Waals surface area contributed by atoms with Gasteiger partial charge < -0.3 is 10.2 Å². The van der Waals surface area contributed by atoms with Gasteiger partial charge in [-0.05, 0) is 84.5 Å². The quantitative estimate of drug-likeness (QED) is 0.721. The summed E-state index contributed by atoms with van der Waals surface area (Å²) < 4.78 is 0. The van der Waals surface area contributed by atoms with Crippen molar-refractivity contribution in [2.75, 3.05) is 6.61 Å². The van der Waals surface area contributed by atoms with Crippen LogP contribution in [0.3, 0.4) is 0 Å². The molecule has 3 saturated carbocycles. The largest absolute Gasteiger partial charge is 0.393 e. The lowest BCUT2D eigenvalue weighted by atomic mass is 9.41. The predicted octanol–water partition coefficient (Wildman–Crippen LogP) is 3.92. The molecule has 2 heteroatoms. The summed E-state index contributed by atoms with van der Waals surface area (Å²) in [5.74, 6) is 2.05. The van der Waals surface area contributed by atoms with Crippen molar-refractivity contribution in [1.82, 2.24) is 0 Å². The van der Waals surface area contributed by atoms with Crippen LogP contribution >= 0.6 is 0 Å². The van der Waals surface area contributed by atoms with E-state index in [2.05, 4.69) is 26.8 Å². The van der Waals surface area contributed by atoms with Crippen LogP contribution in [0.15, 0.2) is 11.6 Å². The Morgan fingerprint density at radius 3 is 2.55 bits per heavy atom. The Labute approximate surface area is 135 Å². The van der Waals surface area contributed by atoms with Gasteiger partial charge in [0.1, 0.15) is 0 Å². The van der Waals surface area contributed by atoms with Gasteiger partial charge in [-0.25, -0.2) is 0 Å². The molecule has 4 aliphatic carbocycles. The third-order valence-electron chi connectivity index (χ3n) is 8.51. The SMILES string of the molecule is CC1(C)[C@H](O)CC[C@]2(C)[C@@H]1CC[C@]13C=C(CO)[C@H](CC[C@H]12)C3. The Hall–Kier alpha value is -0.340. The second-order valence-corrected chi connectivity index (χ2v) is 9.61. The van der Waals surface area contributed by atoms with E-state index in [1.807, 2.05) is 0 Å². The maximum Gasteiger partial charge on any atom is 0.0644 e. The molecule has 6 atom stereocenters. The summed E-state index contributed by atoms with van der Waals surface area (Å²) in [7, 11) is 0. The summed E-state index contributed by atoms with van der Waals surface area (Å²) in [6.07, 6.45) is 10.9. The summed E-state index contributed by atoms with van der Waals surface area (Å²) in [5, 5.41) is 20.3. The van der Waals surface area contributed by atoms with Crippen molar-refractivity contribution >= 4 is 0 Å². The minimum Gasteiger partial charge on any atom is -0.393 e. The first-order chi connectivity index (χ1) is 10.3. The number of aliphatic hydroxyl groups excluding tert-OH is 2. The van der Waals surface area contributed by atoms with Crippen molar-refractivity contribution in [2.24, 2.45) is 34.0 Å². The first-order valence-corrected chi connectivity index (χ1v) is 9.34. The molecule has 0 saturated heterocycles. The minimum absolute atomic E-state index is 0.0492. The summed E-state index contributed by atoms with van der Waals surface area (Å²) in [6.45, 7) is 7.39. The van der Waals surface area contributed by atoms with Gasteiger partial charge in [-0.15, -0.1) is 0 Å². The van der Waals surface area contributed by atoms with E-state index in [0.717, 1.165) is 12.3 Å². The van der Waals surface area contributed by atoms with Crippen molar-refractivity contribution in [2.45, 2.75) is 71.8 Å². The van der Waals surface area contributed by atoms with E-state index in [9.17, 15) is 10.2 Å². The molecule has 4 rings (SSSR count). The molecule has 0 aliphatic heterocycles. The van der Waals surface area contributed by atoms with Gasteiger partial charge in [0.15, 0.2) is 0 Å². The monoisotopic (exact) mass is 304 g/mol.